The standard InChI is InChI=1S/C13H17NO3/c15-13(14-11-9-16-10-11)7-4-8-17-12-5-2-1-3-6-12/h1-3,5-6,11H,4,7-10H2,(H,14,15). The van der Waals surface area contributed by atoms with E-state index < -0.39 is 0 Å². The van der Waals surface area contributed by atoms with Crippen molar-refractivity contribution >= 4 is 5.91 Å². The topological polar surface area (TPSA) is 47.6 Å². The molecule has 0 radical (unpaired) electrons. The van der Waals surface area contributed by atoms with E-state index in [1.54, 1.807) is 0 Å². The van der Waals surface area contributed by atoms with E-state index in [2.05, 4.69) is 5.32 Å². The van der Waals surface area contributed by atoms with Gasteiger partial charge in [0.05, 0.1) is 25.9 Å². The van der Waals surface area contributed by atoms with Gasteiger partial charge in [-0.25, -0.2) is 0 Å². The van der Waals surface area contributed by atoms with Crippen LogP contribution in [-0.2, 0) is 9.53 Å². The molecule has 0 bridgehead atoms. The number of hydrogen-bond acceptors (Lipinski definition) is 3. The quantitative estimate of drug-likeness (QED) is 0.757. The van der Waals surface area contributed by atoms with Crippen LogP contribution in [-0.4, -0.2) is 31.8 Å². The molecule has 92 valence electrons. The van der Waals surface area contributed by atoms with Crippen LogP contribution in [0, 0.1) is 0 Å². The molecule has 17 heavy (non-hydrogen) atoms. The van der Waals surface area contributed by atoms with Crippen LogP contribution in [0.2, 0.25) is 0 Å². The van der Waals surface area contributed by atoms with Crippen molar-refractivity contribution in [2.45, 2.75) is 18.9 Å². The molecule has 1 saturated heterocycles. The second-order valence-corrected chi connectivity index (χ2v) is 4.07. The Morgan fingerprint density at radius 3 is 2.76 bits per heavy atom. The number of carbonyl (C=O) groups excluding carboxylic acids is 1. The Morgan fingerprint density at radius 2 is 2.12 bits per heavy atom. The largest absolute Gasteiger partial charge is 0.494 e. The fourth-order valence-corrected chi connectivity index (χ4v) is 1.56. The van der Waals surface area contributed by atoms with Gasteiger partial charge in [0.2, 0.25) is 5.91 Å². The molecule has 0 unspecified atom stereocenters. The van der Waals surface area contributed by atoms with Crippen LogP contribution in [0.5, 0.6) is 5.75 Å². The lowest BCUT2D eigenvalue weighted by molar-refractivity contribution is -0.125. The summed E-state index contributed by atoms with van der Waals surface area (Å²) in [5.74, 6) is 0.926. The van der Waals surface area contributed by atoms with Gasteiger partial charge in [-0.2, -0.15) is 0 Å². The van der Waals surface area contributed by atoms with Gasteiger partial charge in [-0.1, -0.05) is 18.2 Å². The van der Waals surface area contributed by atoms with E-state index in [1.807, 2.05) is 30.3 Å². The van der Waals surface area contributed by atoms with E-state index in [0.717, 1.165) is 12.2 Å². The first-order valence-electron chi connectivity index (χ1n) is 5.89. The Kier molecular flexibility index (Phi) is 4.38. The van der Waals surface area contributed by atoms with Gasteiger partial charge in [-0.05, 0) is 18.6 Å². The minimum absolute atomic E-state index is 0.0787. The SMILES string of the molecule is O=C(CCCOc1ccccc1)NC1COC1. The summed E-state index contributed by atoms with van der Waals surface area (Å²) in [4.78, 5) is 11.4. The first kappa shape index (κ1) is 11.9. The van der Waals surface area contributed by atoms with Crippen molar-refractivity contribution in [3.8, 4) is 5.75 Å². The summed E-state index contributed by atoms with van der Waals surface area (Å²) in [5, 5.41) is 2.90. The summed E-state index contributed by atoms with van der Waals surface area (Å²) >= 11 is 0. The molecule has 1 heterocycles. The van der Waals surface area contributed by atoms with Crippen LogP contribution in [0.15, 0.2) is 30.3 Å². The molecule has 0 atom stereocenters. The molecule has 1 N–H and O–H groups in total. The number of carbonyl (C=O) groups is 1. The van der Waals surface area contributed by atoms with Crippen molar-refractivity contribution in [3.05, 3.63) is 30.3 Å². The average molecular weight is 235 g/mol. The molecular formula is C13H17NO3. The highest BCUT2D eigenvalue weighted by molar-refractivity contribution is 5.76. The summed E-state index contributed by atoms with van der Waals surface area (Å²) < 4.78 is 10.5. The van der Waals surface area contributed by atoms with Crippen molar-refractivity contribution in [3.63, 3.8) is 0 Å². The molecule has 1 fully saturated rings. The number of benzene rings is 1. The maximum Gasteiger partial charge on any atom is 0.220 e. The Bertz CT molecular complexity index is 349. The highest BCUT2D eigenvalue weighted by Gasteiger charge is 2.19. The van der Waals surface area contributed by atoms with Gasteiger partial charge < -0.3 is 14.8 Å². The van der Waals surface area contributed by atoms with Crippen molar-refractivity contribution in [1.82, 2.24) is 5.32 Å². The van der Waals surface area contributed by atoms with Crippen molar-refractivity contribution in [2.75, 3.05) is 19.8 Å². The number of amides is 1. The summed E-state index contributed by atoms with van der Waals surface area (Å²) in [6.07, 6.45) is 1.23. The lowest BCUT2D eigenvalue weighted by Crippen LogP contribution is -2.48. The van der Waals surface area contributed by atoms with E-state index in [9.17, 15) is 4.79 Å². The monoisotopic (exact) mass is 235 g/mol. The maximum absolute atomic E-state index is 11.4. The van der Waals surface area contributed by atoms with Gasteiger partial charge in [0.25, 0.3) is 0 Å². The van der Waals surface area contributed by atoms with Crippen molar-refractivity contribution in [2.24, 2.45) is 0 Å². The lowest BCUT2D eigenvalue weighted by Gasteiger charge is -2.26. The predicted molar refractivity (Wildman–Crippen MR) is 63.9 cm³/mol. The molecule has 1 aliphatic rings. The third kappa shape index (κ3) is 4.07. The molecular weight excluding hydrogens is 218 g/mol. The van der Waals surface area contributed by atoms with Crippen LogP contribution < -0.4 is 10.1 Å². The third-order valence-corrected chi connectivity index (χ3v) is 2.56. The normalized spacial score (nSPS) is 15.1. The summed E-state index contributed by atoms with van der Waals surface area (Å²) in [6, 6.07) is 9.84. The highest BCUT2D eigenvalue weighted by atomic mass is 16.5. The van der Waals surface area contributed by atoms with Crippen LogP contribution >= 0.6 is 0 Å². The van der Waals surface area contributed by atoms with Crippen LogP contribution in [0.4, 0.5) is 0 Å². The van der Waals surface area contributed by atoms with E-state index in [0.29, 0.717) is 26.2 Å². The number of para-hydroxylation sites is 1. The van der Waals surface area contributed by atoms with Gasteiger partial charge >= 0.3 is 0 Å². The van der Waals surface area contributed by atoms with Crippen LogP contribution in [0.25, 0.3) is 0 Å². The van der Waals surface area contributed by atoms with Crippen LogP contribution in [0.3, 0.4) is 0 Å². The zero-order chi connectivity index (χ0) is 11.9. The van der Waals surface area contributed by atoms with E-state index in [4.69, 9.17) is 9.47 Å². The van der Waals surface area contributed by atoms with Gasteiger partial charge in [-0.3, -0.25) is 4.79 Å². The molecule has 0 aliphatic carbocycles. The Hall–Kier alpha value is -1.55. The van der Waals surface area contributed by atoms with Gasteiger partial charge in [0, 0.05) is 6.42 Å². The minimum Gasteiger partial charge on any atom is -0.494 e. The molecule has 4 heteroatoms. The number of rotatable bonds is 6. The van der Waals surface area contributed by atoms with E-state index >= 15 is 0 Å². The minimum atomic E-state index is 0.0787. The van der Waals surface area contributed by atoms with Gasteiger partial charge in [-0.15, -0.1) is 0 Å². The molecule has 0 aromatic heterocycles. The zero-order valence-electron chi connectivity index (χ0n) is 9.72. The number of nitrogens with one attached hydrogen (secondary N) is 1. The van der Waals surface area contributed by atoms with Crippen LogP contribution in [0.1, 0.15) is 12.8 Å². The molecule has 0 saturated carbocycles. The van der Waals surface area contributed by atoms with E-state index in [1.165, 1.54) is 0 Å². The zero-order valence-corrected chi connectivity index (χ0v) is 9.72. The summed E-state index contributed by atoms with van der Waals surface area (Å²) in [6.45, 7) is 1.86. The molecule has 2 rings (SSSR count). The van der Waals surface area contributed by atoms with Crippen molar-refractivity contribution < 1.29 is 14.3 Å². The number of ether oxygens (including phenoxy) is 2. The molecule has 1 aromatic carbocycles. The third-order valence-electron chi connectivity index (χ3n) is 2.56. The Morgan fingerprint density at radius 1 is 1.35 bits per heavy atom. The second-order valence-electron chi connectivity index (χ2n) is 4.07. The summed E-state index contributed by atoms with van der Waals surface area (Å²) in [5.41, 5.74) is 0. The molecule has 1 amide bonds. The van der Waals surface area contributed by atoms with Crippen molar-refractivity contribution in [1.29, 1.82) is 0 Å². The van der Waals surface area contributed by atoms with Gasteiger partial charge in [0.1, 0.15) is 5.75 Å². The summed E-state index contributed by atoms with van der Waals surface area (Å²) in [7, 11) is 0. The Balaban J connectivity index is 1.55. The fourth-order valence-electron chi connectivity index (χ4n) is 1.56. The highest BCUT2D eigenvalue weighted by Crippen LogP contribution is 2.09. The first-order chi connectivity index (χ1) is 8.34. The second kappa shape index (κ2) is 6.25. The molecule has 1 aliphatic heterocycles. The lowest BCUT2D eigenvalue weighted by atomic mass is 10.2. The smallest absolute Gasteiger partial charge is 0.220 e. The Labute approximate surface area is 101 Å². The molecule has 0 spiro atoms. The van der Waals surface area contributed by atoms with E-state index in [-0.39, 0.29) is 11.9 Å². The molecule has 4 nitrogen and oxygen atoms in total. The molecule has 1 aromatic rings. The first-order valence-corrected chi connectivity index (χ1v) is 5.89. The maximum atomic E-state index is 11.4. The predicted octanol–water partition coefficient (Wildman–Crippen LogP) is 1.36. The fraction of sp³-hybridized carbons (Fsp3) is 0.462. The average Bonchev–Trinajstić information content (AvgIpc) is 2.31. The number of hydrogen-bond donors (Lipinski definition) is 1. The van der Waals surface area contributed by atoms with Gasteiger partial charge in [0.15, 0.2) is 0 Å².